The molecular weight excluding hydrogens is 488 g/mol. The third-order valence-corrected chi connectivity index (χ3v) is 7.04. The van der Waals surface area contributed by atoms with Crippen LogP contribution in [0.4, 0.5) is 0 Å². The van der Waals surface area contributed by atoms with Crippen molar-refractivity contribution in [1.29, 1.82) is 0 Å². The van der Waals surface area contributed by atoms with Crippen LogP contribution >= 0.6 is 0 Å². The number of carbonyl (C=O) groups is 2. The molecule has 1 aliphatic rings. The fourth-order valence-electron chi connectivity index (χ4n) is 4.95. The number of hydrogen-bond donors (Lipinski definition) is 2. The topological polar surface area (TPSA) is 89.6 Å². The fraction of sp³-hybridized carbons (Fsp3) is 0.250. The molecule has 1 fully saturated rings. The molecular formula is C32H34N4O3. The van der Waals surface area contributed by atoms with E-state index in [0.29, 0.717) is 31.7 Å². The molecule has 5 rings (SSSR count). The molecule has 4 aromatic rings. The Balaban J connectivity index is 1.30. The fourth-order valence-corrected chi connectivity index (χ4v) is 4.95. The predicted molar refractivity (Wildman–Crippen MR) is 152 cm³/mol. The molecule has 1 aromatic heterocycles. The summed E-state index contributed by atoms with van der Waals surface area (Å²) in [6, 6.07) is 28.2. The molecule has 2 amide bonds. The minimum atomic E-state index is -0.610. The average Bonchev–Trinajstić information content (AvgIpc) is 3.50. The Labute approximate surface area is 229 Å². The second kappa shape index (κ2) is 12.5. The van der Waals surface area contributed by atoms with Crippen LogP contribution in [0.2, 0.25) is 0 Å². The van der Waals surface area contributed by atoms with E-state index in [1.54, 1.807) is 4.90 Å². The third-order valence-electron chi connectivity index (χ3n) is 7.04. The zero-order chi connectivity index (χ0) is 27.0. The monoisotopic (exact) mass is 522 g/mol. The zero-order valence-electron chi connectivity index (χ0n) is 21.9. The van der Waals surface area contributed by atoms with Gasteiger partial charge in [0.15, 0.2) is 0 Å². The first kappa shape index (κ1) is 26.3. The lowest BCUT2D eigenvalue weighted by Crippen LogP contribution is -2.63. The second-order valence-electron chi connectivity index (χ2n) is 9.85. The number of aromatic nitrogens is 1. The molecule has 7 heteroatoms. The molecule has 0 saturated carbocycles. The highest BCUT2D eigenvalue weighted by Gasteiger charge is 2.40. The number of para-hydroxylation sites is 1. The lowest BCUT2D eigenvalue weighted by atomic mass is 9.96. The van der Waals surface area contributed by atoms with Gasteiger partial charge in [-0.1, -0.05) is 42.5 Å². The molecule has 0 aliphatic carbocycles. The van der Waals surface area contributed by atoms with Gasteiger partial charge in [-0.25, -0.2) is 0 Å². The van der Waals surface area contributed by atoms with Gasteiger partial charge in [-0.3, -0.25) is 9.59 Å². The van der Waals surface area contributed by atoms with E-state index in [0.717, 1.165) is 35.4 Å². The molecule has 2 atom stereocenters. The third kappa shape index (κ3) is 6.56. The van der Waals surface area contributed by atoms with Gasteiger partial charge in [0, 0.05) is 31.0 Å². The Morgan fingerprint density at radius 1 is 0.769 bits per heavy atom. The largest absolute Gasteiger partial charge is 0.457 e. The number of ether oxygens (including phenoxy) is 1. The lowest BCUT2D eigenvalue weighted by Gasteiger charge is -2.39. The van der Waals surface area contributed by atoms with Crippen LogP contribution in [0.25, 0.3) is 5.69 Å². The van der Waals surface area contributed by atoms with E-state index in [9.17, 15) is 9.59 Å². The highest BCUT2D eigenvalue weighted by Crippen LogP contribution is 2.24. The molecule has 2 heterocycles. The van der Waals surface area contributed by atoms with Crippen LogP contribution in [0.1, 0.15) is 30.4 Å². The maximum atomic E-state index is 13.7. The molecule has 0 radical (unpaired) electrons. The smallest absolute Gasteiger partial charge is 0.246 e. The minimum absolute atomic E-state index is 0.0635. The summed E-state index contributed by atoms with van der Waals surface area (Å²) in [5, 5.41) is 3.00. The molecule has 0 spiro atoms. The normalized spacial score (nSPS) is 17.2. The first-order chi connectivity index (χ1) is 19.1. The summed E-state index contributed by atoms with van der Waals surface area (Å²) in [5.74, 6) is 1.31. The first-order valence-corrected chi connectivity index (χ1v) is 13.5. The maximum Gasteiger partial charge on any atom is 0.246 e. The summed E-state index contributed by atoms with van der Waals surface area (Å²) >= 11 is 0. The minimum Gasteiger partial charge on any atom is -0.457 e. The number of unbranched alkanes of at least 4 members (excludes halogenated alkanes) is 1. The molecule has 1 saturated heterocycles. The first-order valence-electron chi connectivity index (χ1n) is 13.5. The Morgan fingerprint density at radius 3 is 2.13 bits per heavy atom. The summed E-state index contributed by atoms with van der Waals surface area (Å²) in [5.41, 5.74) is 8.67. The number of nitrogens with one attached hydrogen (secondary N) is 1. The molecule has 3 N–H and O–H groups in total. The van der Waals surface area contributed by atoms with Gasteiger partial charge in [0.2, 0.25) is 11.8 Å². The second-order valence-corrected chi connectivity index (χ2v) is 9.85. The van der Waals surface area contributed by atoms with Crippen LogP contribution in [0.15, 0.2) is 103 Å². The Hall–Kier alpha value is -4.36. The molecule has 0 bridgehead atoms. The Bertz CT molecular complexity index is 1350. The van der Waals surface area contributed by atoms with Gasteiger partial charge in [-0.15, -0.1) is 0 Å². The van der Waals surface area contributed by atoms with E-state index in [-0.39, 0.29) is 11.8 Å². The van der Waals surface area contributed by atoms with Crippen molar-refractivity contribution in [3.63, 3.8) is 0 Å². The SMILES string of the molecule is NCCCCC1C(=O)NC(Cc2ccc(-n3cccc3)cc2)C(=O)N1Cc1ccc(Oc2ccccc2)cc1. The standard InChI is InChI=1S/C32H34N4O3/c33-19-5-4-10-30-31(37)34-29(22-24-11-15-26(16-12-24)35-20-6-7-21-35)32(38)36(30)23-25-13-17-28(18-14-25)39-27-8-2-1-3-9-27/h1-3,6-9,11-18,20-21,29-30H,4-5,10,19,22-23,33H2,(H,34,37). The van der Waals surface area contributed by atoms with Crippen molar-refractivity contribution in [2.24, 2.45) is 5.73 Å². The summed E-state index contributed by atoms with van der Waals surface area (Å²) in [7, 11) is 0. The number of hydrogen-bond acceptors (Lipinski definition) is 4. The van der Waals surface area contributed by atoms with Gasteiger partial charge in [0.05, 0.1) is 0 Å². The van der Waals surface area contributed by atoms with Gasteiger partial charge in [0.25, 0.3) is 0 Å². The Kier molecular flexibility index (Phi) is 8.39. The van der Waals surface area contributed by atoms with E-state index >= 15 is 0 Å². The highest BCUT2D eigenvalue weighted by molar-refractivity contribution is 5.97. The van der Waals surface area contributed by atoms with Crippen molar-refractivity contribution in [1.82, 2.24) is 14.8 Å². The average molecular weight is 523 g/mol. The van der Waals surface area contributed by atoms with E-state index in [2.05, 4.69) is 5.32 Å². The predicted octanol–water partition coefficient (Wildman–Crippen LogP) is 4.84. The van der Waals surface area contributed by atoms with Crippen molar-refractivity contribution >= 4 is 11.8 Å². The summed E-state index contributed by atoms with van der Waals surface area (Å²) in [6.07, 6.45) is 6.60. The Morgan fingerprint density at radius 2 is 1.44 bits per heavy atom. The van der Waals surface area contributed by atoms with Gasteiger partial charge in [-0.05, 0) is 85.5 Å². The van der Waals surface area contributed by atoms with Gasteiger partial charge < -0.3 is 25.3 Å². The van der Waals surface area contributed by atoms with Gasteiger partial charge in [0.1, 0.15) is 23.6 Å². The molecule has 39 heavy (non-hydrogen) atoms. The van der Waals surface area contributed by atoms with Crippen LogP contribution in [0.3, 0.4) is 0 Å². The van der Waals surface area contributed by atoms with Crippen molar-refractivity contribution in [2.45, 2.75) is 44.3 Å². The van der Waals surface area contributed by atoms with Crippen LogP contribution in [-0.2, 0) is 22.6 Å². The summed E-state index contributed by atoms with van der Waals surface area (Å²) in [6.45, 7) is 0.918. The molecule has 7 nitrogen and oxygen atoms in total. The number of nitrogens with two attached hydrogens (primary N) is 1. The van der Waals surface area contributed by atoms with Crippen molar-refractivity contribution in [3.8, 4) is 17.2 Å². The molecule has 200 valence electrons. The van der Waals surface area contributed by atoms with E-state index in [1.165, 1.54) is 0 Å². The quantitative estimate of drug-likeness (QED) is 0.276. The number of rotatable bonds is 11. The van der Waals surface area contributed by atoms with E-state index in [4.69, 9.17) is 10.5 Å². The molecule has 1 aliphatic heterocycles. The van der Waals surface area contributed by atoms with E-state index in [1.807, 2.05) is 108 Å². The zero-order valence-corrected chi connectivity index (χ0v) is 21.9. The maximum absolute atomic E-state index is 13.7. The van der Waals surface area contributed by atoms with Crippen LogP contribution in [-0.4, -0.2) is 39.9 Å². The van der Waals surface area contributed by atoms with Crippen molar-refractivity contribution in [2.75, 3.05) is 6.54 Å². The number of nitrogens with zero attached hydrogens (tertiary/aromatic N) is 2. The highest BCUT2D eigenvalue weighted by atomic mass is 16.5. The van der Waals surface area contributed by atoms with Gasteiger partial charge in [-0.2, -0.15) is 0 Å². The number of amides is 2. The van der Waals surface area contributed by atoms with Gasteiger partial charge >= 0.3 is 0 Å². The number of carbonyl (C=O) groups excluding carboxylic acids is 2. The number of benzene rings is 3. The van der Waals surface area contributed by atoms with Crippen molar-refractivity contribution < 1.29 is 14.3 Å². The van der Waals surface area contributed by atoms with Crippen LogP contribution in [0, 0.1) is 0 Å². The van der Waals surface area contributed by atoms with Crippen LogP contribution < -0.4 is 15.8 Å². The molecule has 2 unspecified atom stereocenters. The molecule has 3 aromatic carbocycles. The summed E-state index contributed by atoms with van der Waals surface area (Å²) < 4.78 is 7.93. The summed E-state index contributed by atoms with van der Waals surface area (Å²) in [4.78, 5) is 28.7. The van der Waals surface area contributed by atoms with Crippen molar-refractivity contribution in [3.05, 3.63) is 115 Å². The van der Waals surface area contributed by atoms with Crippen LogP contribution in [0.5, 0.6) is 11.5 Å². The number of piperazine rings is 1. The lowest BCUT2D eigenvalue weighted by molar-refractivity contribution is -0.150. The van der Waals surface area contributed by atoms with E-state index < -0.39 is 12.1 Å².